The number of aliphatic hydroxyl groups excluding tert-OH is 1. The second-order valence-electron chi connectivity index (χ2n) is 7.11. The quantitative estimate of drug-likeness (QED) is 0.736. The zero-order valence-corrected chi connectivity index (χ0v) is 16.7. The van der Waals surface area contributed by atoms with Crippen molar-refractivity contribution < 1.29 is 19.3 Å². The summed E-state index contributed by atoms with van der Waals surface area (Å²) in [6.45, 7) is 3.69. The summed E-state index contributed by atoms with van der Waals surface area (Å²) in [5.74, 6) is 0.309. The van der Waals surface area contributed by atoms with Crippen molar-refractivity contribution >= 4 is 11.6 Å². The Morgan fingerprint density at radius 2 is 2.00 bits per heavy atom. The summed E-state index contributed by atoms with van der Waals surface area (Å²) in [7, 11) is 1.52. The molecule has 1 fully saturated rings. The van der Waals surface area contributed by atoms with Gasteiger partial charge in [-0.05, 0) is 30.2 Å². The molecule has 0 aliphatic carbocycles. The lowest BCUT2D eigenvalue weighted by molar-refractivity contribution is 0.0493. The van der Waals surface area contributed by atoms with Crippen LogP contribution in [0.25, 0.3) is 0 Å². The molecule has 1 aliphatic heterocycles. The van der Waals surface area contributed by atoms with Crippen LogP contribution in [0.3, 0.4) is 0 Å². The fraction of sp³-hybridized carbons (Fsp3) is 0.429. The maximum Gasteiger partial charge on any atom is 0.134 e. The van der Waals surface area contributed by atoms with E-state index in [1.807, 2.05) is 6.07 Å². The van der Waals surface area contributed by atoms with Crippen LogP contribution in [-0.4, -0.2) is 59.4 Å². The van der Waals surface area contributed by atoms with Crippen molar-refractivity contribution in [3.8, 4) is 11.5 Å². The Morgan fingerprint density at radius 3 is 2.68 bits per heavy atom. The lowest BCUT2D eigenvalue weighted by Gasteiger charge is -2.41. The zero-order valence-electron chi connectivity index (χ0n) is 15.9. The minimum Gasteiger partial charge on any atom is -0.506 e. The zero-order chi connectivity index (χ0) is 20.1. The minimum atomic E-state index is -0.275. The van der Waals surface area contributed by atoms with Gasteiger partial charge in [-0.3, -0.25) is 9.80 Å². The van der Waals surface area contributed by atoms with E-state index in [0.29, 0.717) is 35.8 Å². The Kier molecular flexibility index (Phi) is 7.13. The second kappa shape index (κ2) is 9.56. The van der Waals surface area contributed by atoms with Crippen LogP contribution in [0.2, 0.25) is 5.02 Å². The van der Waals surface area contributed by atoms with Crippen LogP contribution >= 0.6 is 11.6 Å². The van der Waals surface area contributed by atoms with Crippen LogP contribution in [0.4, 0.5) is 4.39 Å². The third kappa shape index (κ3) is 5.14. The number of aliphatic hydroxyl groups is 1. The summed E-state index contributed by atoms with van der Waals surface area (Å²) in [5.41, 5.74) is 1.66. The number of phenols is 1. The lowest BCUT2D eigenvalue weighted by atomic mass is 10.1. The standard InChI is InChI=1S/C21H26ClFN2O3/c1-28-18-4-3-16(20(23)11-18)13-25-8-7-24(14-17(25)6-9-26)12-15-2-5-21(27)19(22)10-15/h2-5,10-11,17,26-27H,6-9,12-14H2,1H3/t17-/m0/s1. The molecule has 0 saturated carbocycles. The van der Waals surface area contributed by atoms with Gasteiger partial charge in [0.25, 0.3) is 0 Å². The van der Waals surface area contributed by atoms with Crippen LogP contribution in [0.1, 0.15) is 17.5 Å². The van der Waals surface area contributed by atoms with Gasteiger partial charge in [0.05, 0.1) is 12.1 Å². The largest absolute Gasteiger partial charge is 0.506 e. The van der Waals surface area contributed by atoms with E-state index in [-0.39, 0.29) is 24.2 Å². The monoisotopic (exact) mass is 408 g/mol. The van der Waals surface area contributed by atoms with E-state index < -0.39 is 0 Å². The Labute approximate surface area is 169 Å². The highest BCUT2D eigenvalue weighted by molar-refractivity contribution is 6.32. The molecule has 3 rings (SSSR count). The van der Waals surface area contributed by atoms with Crippen molar-refractivity contribution in [1.29, 1.82) is 0 Å². The molecule has 0 bridgehead atoms. The van der Waals surface area contributed by atoms with Crippen molar-refractivity contribution in [2.45, 2.75) is 25.6 Å². The van der Waals surface area contributed by atoms with Crippen LogP contribution in [0, 0.1) is 5.82 Å². The van der Waals surface area contributed by atoms with Crippen molar-refractivity contribution in [3.05, 3.63) is 58.4 Å². The number of hydrogen-bond donors (Lipinski definition) is 2. The van der Waals surface area contributed by atoms with Gasteiger partial charge in [0.1, 0.15) is 17.3 Å². The average Bonchev–Trinajstić information content (AvgIpc) is 2.68. The molecule has 5 nitrogen and oxygen atoms in total. The van der Waals surface area contributed by atoms with Gasteiger partial charge in [-0.25, -0.2) is 4.39 Å². The van der Waals surface area contributed by atoms with Crippen LogP contribution in [-0.2, 0) is 13.1 Å². The Balaban J connectivity index is 1.66. The first kappa shape index (κ1) is 20.9. The Morgan fingerprint density at radius 1 is 1.18 bits per heavy atom. The molecule has 2 N–H and O–H groups in total. The molecular weight excluding hydrogens is 383 g/mol. The Bertz CT molecular complexity index is 805. The summed E-state index contributed by atoms with van der Waals surface area (Å²) in [6, 6.07) is 10.3. The number of ether oxygens (including phenoxy) is 1. The SMILES string of the molecule is COc1ccc(CN2CCN(Cc3ccc(O)c(Cl)c3)C[C@@H]2CCO)c(F)c1. The topological polar surface area (TPSA) is 56.2 Å². The normalized spacial score (nSPS) is 18.4. The van der Waals surface area contributed by atoms with Gasteiger partial charge >= 0.3 is 0 Å². The molecule has 1 aliphatic rings. The lowest BCUT2D eigenvalue weighted by Crippen LogP contribution is -2.52. The summed E-state index contributed by atoms with van der Waals surface area (Å²) < 4.78 is 19.4. The van der Waals surface area contributed by atoms with Crippen molar-refractivity contribution in [2.24, 2.45) is 0 Å². The fourth-order valence-electron chi connectivity index (χ4n) is 3.64. The molecule has 28 heavy (non-hydrogen) atoms. The van der Waals surface area contributed by atoms with E-state index in [0.717, 1.165) is 25.2 Å². The smallest absolute Gasteiger partial charge is 0.134 e. The van der Waals surface area contributed by atoms with Gasteiger partial charge in [-0.1, -0.05) is 23.7 Å². The van der Waals surface area contributed by atoms with Gasteiger partial charge in [-0.15, -0.1) is 0 Å². The van der Waals surface area contributed by atoms with Gasteiger partial charge in [0.2, 0.25) is 0 Å². The summed E-state index contributed by atoms with van der Waals surface area (Å²) in [5, 5.41) is 19.4. The third-order valence-corrected chi connectivity index (χ3v) is 5.51. The average molecular weight is 409 g/mol. The number of aromatic hydroxyl groups is 1. The number of rotatable bonds is 7. The molecule has 1 atom stereocenters. The first-order valence-electron chi connectivity index (χ1n) is 9.37. The predicted octanol–water partition coefficient (Wildman–Crippen LogP) is 3.26. The highest BCUT2D eigenvalue weighted by Gasteiger charge is 2.27. The molecule has 0 aromatic heterocycles. The highest BCUT2D eigenvalue weighted by Crippen LogP contribution is 2.26. The van der Waals surface area contributed by atoms with E-state index in [1.165, 1.54) is 13.2 Å². The highest BCUT2D eigenvalue weighted by atomic mass is 35.5. The van der Waals surface area contributed by atoms with Crippen molar-refractivity contribution in [2.75, 3.05) is 33.4 Å². The molecule has 0 spiro atoms. The molecule has 0 amide bonds. The molecule has 2 aromatic rings. The van der Waals surface area contributed by atoms with Crippen LogP contribution in [0.5, 0.6) is 11.5 Å². The number of piperazine rings is 1. The van der Waals surface area contributed by atoms with E-state index in [9.17, 15) is 14.6 Å². The van der Waals surface area contributed by atoms with Crippen LogP contribution < -0.4 is 4.74 Å². The summed E-state index contributed by atoms with van der Waals surface area (Å²) >= 11 is 6.01. The third-order valence-electron chi connectivity index (χ3n) is 5.20. The molecule has 2 aromatic carbocycles. The maximum atomic E-state index is 14.3. The van der Waals surface area contributed by atoms with Crippen molar-refractivity contribution in [1.82, 2.24) is 9.80 Å². The van der Waals surface area contributed by atoms with Gasteiger partial charge in [0.15, 0.2) is 0 Å². The molecule has 152 valence electrons. The predicted molar refractivity (Wildman–Crippen MR) is 107 cm³/mol. The van der Waals surface area contributed by atoms with Crippen LogP contribution in [0.15, 0.2) is 36.4 Å². The Hall–Kier alpha value is -1.86. The molecular formula is C21H26ClFN2O3. The van der Waals surface area contributed by atoms with E-state index >= 15 is 0 Å². The fourth-order valence-corrected chi connectivity index (χ4v) is 3.84. The minimum absolute atomic E-state index is 0.0786. The molecule has 7 heteroatoms. The molecule has 0 unspecified atom stereocenters. The van der Waals surface area contributed by atoms with Crippen molar-refractivity contribution in [3.63, 3.8) is 0 Å². The first-order chi connectivity index (χ1) is 13.5. The second-order valence-corrected chi connectivity index (χ2v) is 7.52. The number of halogens is 2. The number of phenolic OH excluding ortho intramolecular Hbond substituents is 1. The van der Waals surface area contributed by atoms with E-state index in [4.69, 9.17) is 16.3 Å². The number of nitrogens with zero attached hydrogens (tertiary/aromatic N) is 2. The van der Waals surface area contributed by atoms with Gasteiger partial charge < -0.3 is 14.9 Å². The molecule has 0 radical (unpaired) electrons. The molecule has 1 heterocycles. The first-order valence-corrected chi connectivity index (χ1v) is 9.75. The summed E-state index contributed by atoms with van der Waals surface area (Å²) in [6.07, 6.45) is 0.630. The van der Waals surface area contributed by atoms with E-state index in [1.54, 1.807) is 24.3 Å². The van der Waals surface area contributed by atoms with Gasteiger partial charge in [-0.2, -0.15) is 0 Å². The number of benzene rings is 2. The summed E-state index contributed by atoms with van der Waals surface area (Å²) in [4.78, 5) is 4.52. The van der Waals surface area contributed by atoms with E-state index in [2.05, 4.69) is 9.80 Å². The van der Waals surface area contributed by atoms with Gasteiger partial charge in [0, 0.05) is 57.0 Å². The number of methoxy groups -OCH3 is 1. The maximum absolute atomic E-state index is 14.3. The number of hydrogen-bond acceptors (Lipinski definition) is 5. The molecule has 1 saturated heterocycles.